The molecular formula is C18H26N2O2. The molecule has 22 heavy (non-hydrogen) atoms. The number of allylic oxidation sites excluding steroid dienone is 5. The highest BCUT2D eigenvalue weighted by Crippen LogP contribution is 2.39. The zero-order valence-corrected chi connectivity index (χ0v) is 14.1. The quantitative estimate of drug-likeness (QED) is 0.734. The maximum absolute atomic E-state index is 12.1. The first-order valence-corrected chi connectivity index (χ1v) is 7.63. The third-order valence-electron chi connectivity index (χ3n) is 3.72. The van der Waals surface area contributed by atoms with Crippen LogP contribution in [0.3, 0.4) is 0 Å². The maximum Gasteiger partial charge on any atom is 0.410 e. The third kappa shape index (κ3) is 4.49. The molecule has 1 amide bonds. The van der Waals surface area contributed by atoms with Crippen molar-refractivity contribution in [3.05, 3.63) is 36.5 Å². The molecule has 4 nitrogen and oxygen atoms in total. The van der Waals surface area contributed by atoms with Crippen molar-refractivity contribution >= 4 is 6.09 Å². The highest BCUT2D eigenvalue weighted by molar-refractivity contribution is 5.68. The van der Waals surface area contributed by atoms with E-state index in [1.54, 1.807) is 11.0 Å². The molecule has 0 aromatic carbocycles. The van der Waals surface area contributed by atoms with Gasteiger partial charge in [0.15, 0.2) is 0 Å². The summed E-state index contributed by atoms with van der Waals surface area (Å²) in [4.78, 5) is 13.8. The average Bonchev–Trinajstić information content (AvgIpc) is 2.46. The Morgan fingerprint density at radius 2 is 1.95 bits per heavy atom. The van der Waals surface area contributed by atoms with Crippen LogP contribution in [0.5, 0.6) is 0 Å². The predicted octanol–water partition coefficient (Wildman–Crippen LogP) is 4.22. The van der Waals surface area contributed by atoms with Gasteiger partial charge in [0.2, 0.25) is 0 Å². The molecule has 0 spiro atoms. The molecule has 1 aliphatic heterocycles. The van der Waals surface area contributed by atoms with Gasteiger partial charge in [0.25, 0.3) is 0 Å². The Kier molecular flexibility index (Phi) is 5.99. The van der Waals surface area contributed by atoms with Crippen molar-refractivity contribution in [2.24, 2.45) is 5.41 Å². The van der Waals surface area contributed by atoms with Crippen molar-refractivity contribution in [1.29, 1.82) is 5.26 Å². The number of ether oxygens (including phenoxy) is 1. The summed E-state index contributed by atoms with van der Waals surface area (Å²) in [5, 5.41) is 9.66. The van der Waals surface area contributed by atoms with Gasteiger partial charge in [-0.3, -0.25) is 0 Å². The number of amides is 1. The lowest BCUT2D eigenvalue weighted by atomic mass is 9.73. The number of piperidine rings is 1. The van der Waals surface area contributed by atoms with Crippen LogP contribution in [0.25, 0.3) is 0 Å². The first-order valence-electron chi connectivity index (χ1n) is 7.63. The SMILES string of the molecule is C=C/C(=C\C=C/C)C1(C#N)CCN(C(=O)OC(C)(C)C)CC1. The zero-order valence-electron chi connectivity index (χ0n) is 14.1. The lowest BCUT2D eigenvalue weighted by Gasteiger charge is -2.38. The van der Waals surface area contributed by atoms with Crippen LogP contribution in [-0.2, 0) is 4.74 Å². The number of nitrogens with zero attached hydrogens (tertiary/aromatic N) is 2. The fourth-order valence-electron chi connectivity index (χ4n) is 2.49. The van der Waals surface area contributed by atoms with Crippen LogP contribution in [0.2, 0.25) is 0 Å². The van der Waals surface area contributed by atoms with Crippen molar-refractivity contribution in [2.45, 2.75) is 46.1 Å². The van der Waals surface area contributed by atoms with E-state index in [2.05, 4.69) is 12.6 Å². The Morgan fingerprint density at radius 1 is 1.36 bits per heavy atom. The van der Waals surface area contributed by atoms with Gasteiger partial charge >= 0.3 is 6.09 Å². The molecule has 1 heterocycles. The second-order valence-corrected chi connectivity index (χ2v) is 6.51. The van der Waals surface area contributed by atoms with E-state index in [9.17, 15) is 10.1 Å². The maximum atomic E-state index is 12.1. The van der Waals surface area contributed by atoms with Crippen molar-refractivity contribution in [3.8, 4) is 6.07 Å². The number of carbonyl (C=O) groups excluding carboxylic acids is 1. The van der Waals surface area contributed by atoms with Crippen molar-refractivity contribution < 1.29 is 9.53 Å². The summed E-state index contributed by atoms with van der Waals surface area (Å²) in [6.07, 6.45) is 8.39. The van der Waals surface area contributed by atoms with Gasteiger partial charge in [-0.25, -0.2) is 4.79 Å². The molecule has 1 fully saturated rings. The Hall–Kier alpha value is -2.02. The Balaban J connectivity index is 2.82. The molecule has 0 aromatic rings. The lowest BCUT2D eigenvalue weighted by Crippen LogP contribution is -2.45. The first-order chi connectivity index (χ1) is 10.3. The molecule has 120 valence electrons. The summed E-state index contributed by atoms with van der Waals surface area (Å²) in [7, 11) is 0. The molecule has 4 heteroatoms. The molecule has 0 aromatic heterocycles. The fraction of sp³-hybridized carbons (Fsp3) is 0.556. The van der Waals surface area contributed by atoms with E-state index in [1.165, 1.54) is 0 Å². The number of rotatable bonds is 3. The first kappa shape index (κ1) is 18.0. The molecule has 0 saturated carbocycles. The Bertz CT molecular complexity index is 510. The van der Waals surface area contributed by atoms with Crippen LogP contribution in [-0.4, -0.2) is 29.7 Å². The number of nitriles is 1. The van der Waals surface area contributed by atoms with E-state index in [-0.39, 0.29) is 6.09 Å². The van der Waals surface area contributed by atoms with Gasteiger partial charge in [0, 0.05) is 13.1 Å². The van der Waals surface area contributed by atoms with Crippen LogP contribution < -0.4 is 0 Å². The predicted molar refractivity (Wildman–Crippen MR) is 88.2 cm³/mol. The molecule has 1 saturated heterocycles. The van der Waals surface area contributed by atoms with Gasteiger partial charge < -0.3 is 9.64 Å². The van der Waals surface area contributed by atoms with Crippen molar-refractivity contribution in [1.82, 2.24) is 4.90 Å². The summed E-state index contributed by atoms with van der Waals surface area (Å²) in [6.45, 7) is 12.3. The largest absolute Gasteiger partial charge is 0.444 e. The summed E-state index contributed by atoms with van der Waals surface area (Å²) in [5.41, 5.74) is -0.157. The number of hydrogen-bond acceptors (Lipinski definition) is 3. The van der Waals surface area contributed by atoms with E-state index in [1.807, 2.05) is 45.9 Å². The second kappa shape index (κ2) is 7.31. The van der Waals surface area contributed by atoms with Crippen LogP contribution in [0, 0.1) is 16.7 Å². The van der Waals surface area contributed by atoms with Gasteiger partial charge in [-0.05, 0) is 46.1 Å². The van der Waals surface area contributed by atoms with Crippen LogP contribution in [0.1, 0.15) is 40.5 Å². The molecular weight excluding hydrogens is 276 g/mol. The highest BCUT2D eigenvalue weighted by atomic mass is 16.6. The van der Waals surface area contributed by atoms with E-state index in [0.29, 0.717) is 25.9 Å². The van der Waals surface area contributed by atoms with Crippen molar-refractivity contribution in [3.63, 3.8) is 0 Å². The molecule has 1 rings (SSSR count). The molecule has 0 radical (unpaired) electrons. The Morgan fingerprint density at radius 3 is 2.36 bits per heavy atom. The summed E-state index contributed by atoms with van der Waals surface area (Å²) < 4.78 is 5.39. The molecule has 0 bridgehead atoms. The van der Waals surface area contributed by atoms with E-state index < -0.39 is 11.0 Å². The van der Waals surface area contributed by atoms with E-state index >= 15 is 0 Å². The minimum atomic E-state index is -0.570. The Labute approximate surface area is 133 Å². The van der Waals surface area contributed by atoms with E-state index in [0.717, 1.165) is 5.57 Å². The topological polar surface area (TPSA) is 53.3 Å². The normalized spacial score (nSPS) is 18.9. The van der Waals surface area contributed by atoms with Crippen molar-refractivity contribution in [2.75, 3.05) is 13.1 Å². The fourth-order valence-corrected chi connectivity index (χ4v) is 2.49. The monoisotopic (exact) mass is 302 g/mol. The molecule has 0 N–H and O–H groups in total. The number of likely N-dealkylation sites (tertiary alicyclic amines) is 1. The summed E-state index contributed by atoms with van der Waals surface area (Å²) >= 11 is 0. The number of hydrogen-bond donors (Lipinski definition) is 0. The van der Waals surface area contributed by atoms with E-state index in [4.69, 9.17) is 4.74 Å². The van der Waals surface area contributed by atoms with Gasteiger partial charge in [0.1, 0.15) is 5.60 Å². The summed E-state index contributed by atoms with van der Waals surface area (Å²) in [5.74, 6) is 0. The van der Waals surface area contributed by atoms with Gasteiger partial charge in [-0.15, -0.1) is 0 Å². The lowest BCUT2D eigenvalue weighted by molar-refractivity contribution is 0.0169. The molecule has 0 unspecified atom stereocenters. The minimum Gasteiger partial charge on any atom is -0.444 e. The summed E-state index contributed by atoms with van der Waals surface area (Å²) in [6, 6.07) is 2.43. The van der Waals surface area contributed by atoms with Gasteiger partial charge in [0.05, 0.1) is 11.5 Å². The smallest absolute Gasteiger partial charge is 0.410 e. The van der Waals surface area contributed by atoms with Crippen LogP contribution >= 0.6 is 0 Å². The standard InChI is InChI=1S/C18H26N2O2/c1-6-8-9-15(7-2)18(14-19)10-12-20(13-11-18)16(21)22-17(3,4)5/h6-9H,2,10-13H2,1,3-5H3/b8-6-,15-9+. The van der Waals surface area contributed by atoms with Gasteiger partial charge in [-0.1, -0.05) is 30.9 Å². The second-order valence-electron chi connectivity index (χ2n) is 6.51. The third-order valence-corrected chi connectivity index (χ3v) is 3.72. The molecule has 0 aliphatic carbocycles. The zero-order chi connectivity index (χ0) is 16.8. The molecule has 0 atom stereocenters. The molecule has 1 aliphatic rings. The van der Waals surface area contributed by atoms with Crippen LogP contribution in [0.15, 0.2) is 36.5 Å². The highest BCUT2D eigenvalue weighted by Gasteiger charge is 2.39. The average molecular weight is 302 g/mol. The number of carbonyl (C=O) groups is 1. The van der Waals surface area contributed by atoms with Crippen LogP contribution in [0.4, 0.5) is 4.79 Å². The minimum absolute atomic E-state index is 0.309. The van der Waals surface area contributed by atoms with Gasteiger partial charge in [-0.2, -0.15) is 5.26 Å².